The van der Waals surface area contributed by atoms with E-state index in [-0.39, 0.29) is 185 Å². The fourth-order valence-corrected chi connectivity index (χ4v) is 21.2. The van der Waals surface area contributed by atoms with Crippen LogP contribution in [-0.2, 0) is 84.7 Å². The van der Waals surface area contributed by atoms with E-state index in [2.05, 4.69) is 47.9 Å². The number of Topliss-reactive ketones (excluding diaryl/α,β-unsaturated/α-hetero) is 1. The van der Waals surface area contributed by atoms with Crippen molar-refractivity contribution in [3.63, 3.8) is 0 Å². The summed E-state index contributed by atoms with van der Waals surface area (Å²) in [4.78, 5) is 90.8. The number of rotatable bonds is 32. The predicted octanol–water partition coefficient (Wildman–Crippen LogP) is 21.0. The van der Waals surface area contributed by atoms with Crippen LogP contribution in [-0.4, -0.2) is 189 Å². The molecule has 4 N–H and O–H groups in total. The molecule has 5 aliphatic carbocycles. The molecule has 5 saturated heterocycles. The number of phenols is 1. The molecule has 25 atom stereocenters. The van der Waals surface area contributed by atoms with Gasteiger partial charge in [-0.25, -0.2) is 0 Å². The van der Waals surface area contributed by atoms with Crippen LogP contribution in [0.2, 0.25) is 35.2 Å². The first kappa shape index (κ1) is 115. The van der Waals surface area contributed by atoms with Crippen molar-refractivity contribution in [3.05, 3.63) is 254 Å². The van der Waals surface area contributed by atoms with Gasteiger partial charge in [0, 0.05) is 131 Å². The number of allylic oxidation sites excluding steroid dienone is 2. The molecule has 0 radical (unpaired) electrons. The maximum absolute atomic E-state index is 12.0. The zero-order valence-electron chi connectivity index (χ0n) is 79.0. The van der Waals surface area contributed by atoms with E-state index in [0.29, 0.717) is 133 Å². The van der Waals surface area contributed by atoms with E-state index in [1.165, 1.54) is 20.3 Å². The number of aliphatic hydroxyl groups is 3. The van der Waals surface area contributed by atoms with E-state index in [1.807, 2.05) is 62.4 Å². The van der Waals surface area contributed by atoms with E-state index in [0.717, 1.165) is 37.7 Å². The van der Waals surface area contributed by atoms with Crippen molar-refractivity contribution in [2.24, 2.45) is 76.9 Å². The van der Waals surface area contributed by atoms with Crippen molar-refractivity contribution in [2.45, 2.75) is 153 Å². The average molecular weight is 2170 g/mol. The van der Waals surface area contributed by atoms with Crippen molar-refractivity contribution >= 4 is 155 Å². The second-order valence-electron chi connectivity index (χ2n) is 35.5. The van der Waals surface area contributed by atoms with Gasteiger partial charge in [-0.2, -0.15) is 0 Å². The van der Waals surface area contributed by atoms with E-state index >= 15 is 0 Å². The van der Waals surface area contributed by atoms with Gasteiger partial charge in [0.2, 0.25) is 0 Å². The van der Waals surface area contributed by atoms with Gasteiger partial charge < -0.3 is 95.4 Å². The van der Waals surface area contributed by atoms with Gasteiger partial charge in [0.1, 0.15) is 128 Å². The van der Waals surface area contributed by atoms with Gasteiger partial charge in [-0.15, -0.1) is 0 Å². The Kier molecular flexibility index (Phi) is 47.1. The number of aldehydes is 1. The molecule has 38 heteroatoms. The Morgan fingerprint density at radius 1 is 0.437 bits per heavy atom. The van der Waals surface area contributed by atoms with Crippen LogP contribution >= 0.6 is 108 Å². The van der Waals surface area contributed by atoms with E-state index in [1.54, 1.807) is 158 Å². The molecule has 7 aromatic carbocycles. The molecule has 7 unspecified atom stereocenters. The summed E-state index contributed by atoms with van der Waals surface area (Å²) in [6, 6.07) is 48.7. The van der Waals surface area contributed by atoms with Crippen molar-refractivity contribution < 1.29 is 136 Å². The number of ketones is 2. The molecule has 0 amide bonds. The zero-order valence-corrected chi connectivity index (χ0v) is 87.5. The van der Waals surface area contributed by atoms with Crippen LogP contribution in [0.5, 0.6) is 40.2 Å². The third-order valence-corrected chi connectivity index (χ3v) is 29.6. The number of carbonyl (C=O) groups is 8. The lowest BCUT2D eigenvalue weighted by molar-refractivity contribution is -0.142. The Morgan fingerprint density at radius 2 is 0.768 bits per heavy atom. The second-order valence-corrected chi connectivity index (χ2v) is 41.4. The Bertz CT molecular complexity index is 5370. The number of fused-ring (bicyclic) bond motifs is 5. The van der Waals surface area contributed by atoms with Crippen molar-refractivity contribution in [1.29, 1.82) is 0 Å². The molecule has 10 aliphatic rings. The molecule has 0 spiro atoms. The number of phenolic OH excluding ortho intramolecular Hbond substituents is 1. The highest BCUT2D eigenvalue weighted by Crippen LogP contribution is 2.50. The molecule has 5 saturated carbocycles. The highest BCUT2D eigenvalue weighted by atomic mass is 35.5. The Labute approximate surface area is 869 Å². The third-order valence-electron chi connectivity index (χ3n) is 25.4. The molecule has 5 heterocycles. The number of hydrogen-bond donors (Lipinski definition) is 4. The van der Waals surface area contributed by atoms with Crippen LogP contribution in [0.1, 0.15) is 94.8 Å². The second kappa shape index (κ2) is 58.0. The smallest absolute Gasteiger partial charge is 0.337 e. The van der Waals surface area contributed by atoms with Crippen LogP contribution in [0, 0.1) is 76.9 Å². The molecule has 28 nitrogen and oxygen atoms in total. The summed E-state index contributed by atoms with van der Waals surface area (Å²) in [6.07, 6.45) is 18.8. The quantitative estimate of drug-likeness (QED) is 0.00760. The standard InChI is InChI=1S/C18H21ClO4.C18H19ClO4.C17H21ClO5P2.C17H19ClO5.C11H14ClO5P.C9H12O3.C8H9ClO.C6H5ClO.2H2/c2*1-11-7-17-16(9-18(21)23-17)15(11)6-5-13(20)10-22-14-4-2-3-12(19)8-14;18-10-2-1-3-11(6-10)20-9-12(22-24)4-5-13-14-7-17(19)21-15(14)8-16(13)23-25;18-10-2-1-3-12(6-10)22-9-11(19)4-5-13-14-7-17(21)23-16(14)8-15(13)20;1-15-18(14,16-2)8-10(13)7-17-11-5-3-4-9(12)6-11;1-5-2-8-6(7(5)4-10)3-9(11)12-8;1-2-10-8-5-3-4-7(9)6-8;7-5-2-1-3-6(8)4-5;;/h2-6,8,11,13,15-17,20H,7,9-10H2,1H3;2-6,8,11,15-17H,7,9-10H2,1H3;1-6,12-16H,7-9,24-25H2;1-6,11,13-16,19-20H,7-9H2;3-6H,7-8H2,1-2H3;4-8H,2-3H2,1H3;3-6H,2H2,1H3;1-4,8H;2*1H/b2*6-5+;2*5-4+;;;;;;/t11-,13-,15+,16-,17+;11-,15+,16-,17+;12?,13-,14-,15?,16?;11-,13-,14-,15-,16+;;5-,6-,7?,8?;;;;/m1111.1..../s1/i;;;;;;;;2*1+2. The predicted molar refractivity (Wildman–Crippen MR) is 549 cm³/mol. The minimum Gasteiger partial charge on any atom is -0.508 e. The van der Waals surface area contributed by atoms with E-state index in [9.17, 15) is 58.2 Å². The van der Waals surface area contributed by atoms with E-state index in [4.69, 9.17) is 147 Å². The lowest BCUT2D eigenvalue weighted by Gasteiger charge is -2.19. The maximum Gasteiger partial charge on any atom is 0.337 e. The number of halogens is 7. The molecule has 7 aromatic rings. The molecule has 0 aromatic heterocycles. The molecular weight excluding hydrogens is 2040 g/mol. The van der Waals surface area contributed by atoms with Gasteiger partial charge in [0.05, 0.1) is 50.9 Å². The summed E-state index contributed by atoms with van der Waals surface area (Å²) in [5, 5.41) is 43.0. The minimum atomic E-state index is -3.32. The van der Waals surface area contributed by atoms with Gasteiger partial charge >= 0.3 is 37.4 Å². The fraction of sp³-hybridized carbons (Fsp3) is 0.442. The molecule has 772 valence electrons. The monoisotopic (exact) mass is 2160 g/mol. The summed E-state index contributed by atoms with van der Waals surface area (Å²) < 4.78 is 90.7. The van der Waals surface area contributed by atoms with Gasteiger partial charge in [-0.3, -0.25) is 38.1 Å². The van der Waals surface area contributed by atoms with Crippen LogP contribution < -0.4 is 28.4 Å². The lowest BCUT2D eigenvalue weighted by atomic mass is 9.88. The summed E-state index contributed by atoms with van der Waals surface area (Å²) in [7, 11) is 3.71. The highest BCUT2D eigenvalue weighted by molar-refractivity contribution is 7.54. The zero-order chi connectivity index (χ0) is 103. The average Bonchev–Trinajstić information content (AvgIpc) is 1.66. The normalized spacial score (nSPS) is 26.6. The SMILES string of the molecule is CCOc1cccc(Cl)c1.COP(=O)(CC(=O)COc1cccc(Cl)c1)OC.C[C@@H]1CC2OC(=O)C[C@@H]2C1C=O.C[C@@H]1C[C@@H]2OC(=O)C[C@@H]2[C@H]1/C=C/C(=O)COc1cccc(Cl)c1.C[C@@H]1C[C@@H]2OC(=O)C[C@@H]2[C@H]1/C=C/[C@@H](O)COc1cccc(Cl)c1.O=C1C[C@@H]2[C@@H](/C=C/[C@@H](O)COc3cccc(Cl)c3)[C@H](O)C[C@@H]2O1.O=C1C[C@H]2C(CC(OP)[C@@H]2/C=C/C(COc2cccc(Cl)c2)OP)O1.Oc1cccc(Cl)c1.[3HH].[3HH]. The first-order chi connectivity index (χ1) is 68.0. The number of hydrogen-bond acceptors (Lipinski definition) is 28. The van der Waals surface area contributed by atoms with Crippen LogP contribution in [0.4, 0.5) is 0 Å². The van der Waals surface area contributed by atoms with Crippen LogP contribution in [0.25, 0.3) is 0 Å². The van der Waals surface area contributed by atoms with Gasteiger partial charge in [0.15, 0.2) is 18.2 Å². The number of esters is 5. The largest absolute Gasteiger partial charge is 0.508 e. The molecule has 142 heavy (non-hydrogen) atoms. The number of aliphatic hydroxyl groups excluding tert-OH is 3. The van der Waals surface area contributed by atoms with Crippen LogP contribution in [0.15, 0.2) is 218 Å². The topological polar surface area (TPSA) is 373 Å². The third kappa shape index (κ3) is 36.7. The summed E-state index contributed by atoms with van der Waals surface area (Å²) in [5.74, 6) is 5.29. The van der Waals surface area contributed by atoms with Crippen molar-refractivity contribution in [1.82, 2.24) is 0 Å². The van der Waals surface area contributed by atoms with Gasteiger partial charge in [-0.05, 0) is 189 Å². The van der Waals surface area contributed by atoms with Crippen molar-refractivity contribution in [2.75, 3.05) is 60.0 Å². The van der Waals surface area contributed by atoms with Crippen LogP contribution in [0.3, 0.4) is 0 Å². The molecule has 17 rings (SSSR count). The summed E-state index contributed by atoms with van der Waals surface area (Å²) >= 11 is 40.5. The number of aromatic hydroxyl groups is 1. The molecule has 5 aliphatic heterocycles. The Hall–Kier alpha value is -8.70. The summed E-state index contributed by atoms with van der Waals surface area (Å²) in [6.45, 7) is 9.34. The minimum absolute atomic E-state index is 0. The van der Waals surface area contributed by atoms with E-state index < -0.39 is 25.9 Å². The molecule has 10 fully saturated rings. The van der Waals surface area contributed by atoms with Gasteiger partial charge in [-0.1, -0.05) is 187 Å². The Morgan fingerprint density at radius 3 is 1.14 bits per heavy atom. The molecule has 0 bridgehead atoms. The first-order valence-electron chi connectivity index (χ1n) is 46.4. The number of ether oxygens (including phenoxy) is 11. The number of carbonyl (C=O) groups excluding carboxylic acids is 8. The van der Waals surface area contributed by atoms with Gasteiger partial charge in [0.25, 0.3) is 0 Å². The number of benzene rings is 7. The fourth-order valence-electron chi connectivity index (χ4n) is 18.5. The molecular formula is C104H124Cl7O28P3. The maximum atomic E-state index is 12.0. The lowest BCUT2D eigenvalue weighted by Crippen LogP contribution is -2.21. The highest BCUT2D eigenvalue weighted by Gasteiger charge is 2.53. The summed E-state index contributed by atoms with van der Waals surface area (Å²) in [5.41, 5.74) is 0. The Balaban J connectivity index is 0.000000205. The van der Waals surface area contributed by atoms with Crippen molar-refractivity contribution in [3.8, 4) is 40.2 Å². The first-order valence-corrected chi connectivity index (χ1v) is 51.7.